The van der Waals surface area contributed by atoms with Crippen LogP contribution in [-0.4, -0.2) is 60.8 Å². The van der Waals surface area contributed by atoms with Crippen molar-refractivity contribution in [3.05, 3.63) is 0 Å². The molecule has 0 N–H and O–H groups in total. The number of piperazine rings is 1. The fourth-order valence-electron chi connectivity index (χ4n) is 1.35. The van der Waals surface area contributed by atoms with Gasteiger partial charge in [-0.2, -0.15) is 0 Å². The van der Waals surface area contributed by atoms with Crippen LogP contribution in [0.25, 0.3) is 0 Å². The highest BCUT2D eigenvalue weighted by Crippen LogP contribution is 2.02. The maximum atomic E-state index is 5.04. The van der Waals surface area contributed by atoms with Crippen LogP contribution in [0.15, 0.2) is 0 Å². The molecule has 3 nitrogen and oxygen atoms in total. The summed E-state index contributed by atoms with van der Waals surface area (Å²) in [6.45, 7) is 6.79. The lowest BCUT2D eigenvalue weighted by Crippen LogP contribution is -2.46. The molecule has 0 atom stereocenters. The maximum Gasteiger partial charge on any atom is 0.0589 e. The summed E-state index contributed by atoms with van der Waals surface area (Å²) in [6, 6.07) is 0. The first-order valence-corrected chi connectivity index (χ1v) is 5.89. The average molecular weight is 284 g/mol. The lowest BCUT2D eigenvalue weighted by atomic mass is 10.3. The number of ether oxygens (including phenoxy) is 1. The third-order valence-corrected chi connectivity index (χ3v) is 3.21. The first-order chi connectivity index (χ1) is 5.86. The first kappa shape index (κ1) is 10.7. The Morgan fingerprint density at radius 1 is 1.17 bits per heavy atom. The molecule has 0 aromatic rings. The monoisotopic (exact) mass is 284 g/mol. The lowest BCUT2D eigenvalue weighted by Gasteiger charge is -2.33. The van der Waals surface area contributed by atoms with Gasteiger partial charge in [-0.05, 0) is 0 Å². The molecule has 0 spiro atoms. The second kappa shape index (κ2) is 6.12. The number of hydrogen-bond acceptors (Lipinski definition) is 3. The molecule has 72 valence electrons. The maximum absolute atomic E-state index is 5.04. The van der Waals surface area contributed by atoms with Crippen molar-refractivity contribution in [3.8, 4) is 0 Å². The Balaban J connectivity index is 2.09. The summed E-state index contributed by atoms with van der Waals surface area (Å²) in [7, 11) is 1.76. The van der Waals surface area contributed by atoms with Crippen LogP contribution in [0.2, 0.25) is 0 Å². The highest BCUT2D eigenvalue weighted by atomic mass is 127. The average Bonchev–Trinajstić information content (AvgIpc) is 2.15. The molecule has 1 rings (SSSR count). The highest BCUT2D eigenvalue weighted by Gasteiger charge is 2.14. The number of methoxy groups -OCH3 is 1. The molecule has 0 saturated carbocycles. The standard InChI is InChI=1S/C8H17IN2O/c1-12-7-6-10-2-4-11(8-9)5-3-10/h2-8H2,1H3. The van der Waals surface area contributed by atoms with E-state index in [2.05, 4.69) is 32.4 Å². The van der Waals surface area contributed by atoms with Gasteiger partial charge in [0.25, 0.3) is 0 Å². The predicted octanol–water partition coefficient (Wildman–Crippen LogP) is 0.643. The van der Waals surface area contributed by atoms with E-state index < -0.39 is 0 Å². The van der Waals surface area contributed by atoms with E-state index in [4.69, 9.17) is 4.74 Å². The Bertz CT molecular complexity index is 116. The molecule has 0 unspecified atom stereocenters. The van der Waals surface area contributed by atoms with Gasteiger partial charge in [0, 0.05) is 39.8 Å². The van der Waals surface area contributed by atoms with Gasteiger partial charge in [0.05, 0.1) is 11.2 Å². The van der Waals surface area contributed by atoms with E-state index in [9.17, 15) is 0 Å². The Labute approximate surface area is 88.2 Å². The van der Waals surface area contributed by atoms with Gasteiger partial charge in [-0.25, -0.2) is 0 Å². The van der Waals surface area contributed by atoms with E-state index in [0.29, 0.717) is 0 Å². The Morgan fingerprint density at radius 2 is 1.75 bits per heavy atom. The second-order valence-corrected chi connectivity index (χ2v) is 3.75. The van der Waals surface area contributed by atoms with Gasteiger partial charge in [0.1, 0.15) is 0 Å². The van der Waals surface area contributed by atoms with Crippen molar-refractivity contribution in [2.45, 2.75) is 0 Å². The Kier molecular flexibility index (Phi) is 5.45. The van der Waals surface area contributed by atoms with E-state index in [1.54, 1.807) is 7.11 Å². The molecular formula is C8H17IN2O. The zero-order valence-electron chi connectivity index (χ0n) is 7.63. The predicted molar refractivity (Wildman–Crippen MR) is 58.8 cm³/mol. The fraction of sp³-hybridized carbons (Fsp3) is 1.00. The van der Waals surface area contributed by atoms with Gasteiger partial charge in [-0.1, -0.05) is 22.6 Å². The molecule has 0 aromatic heterocycles. The number of hydrogen-bond donors (Lipinski definition) is 0. The summed E-state index contributed by atoms with van der Waals surface area (Å²) < 4.78 is 6.20. The minimum atomic E-state index is 0.865. The third kappa shape index (κ3) is 3.55. The normalized spacial score (nSPS) is 21.5. The van der Waals surface area contributed by atoms with Crippen LogP contribution in [-0.2, 0) is 4.74 Å². The van der Waals surface area contributed by atoms with Crippen LogP contribution in [0.1, 0.15) is 0 Å². The number of rotatable bonds is 4. The summed E-state index contributed by atoms with van der Waals surface area (Å²) >= 11 is 2.43. The van der Waals surface area contributed by atoms with Crippen LogP contribution in [0.5, 0.6) is 0 Å². The van der Waals surface area contributed by atoms with Gasteiger partial charge in [-0.15, -0.1) is 0 Å². The molecule has 0 amide bonds. The quantitative estimate of drug-likeness (QED) is 0.428. The molecule has 0 aromatic carbocycles. The molecule has 12 heavy (non-hydrogen) atoms. The van der Waals surface area contributed by atoms with E-state index >= 15 is 0 Å². The zero-order valence-corrected chi connectivity index (χ0v) is 9.79. The van der Waals surface area contributed by atoms with E-state index in [-0.39, 0.29) is 0 Å². The lowest BCUT2D eigenvalue weighted by molar-refractivity contribution is 0.107. The molecule has 0 radical (unpaired) electrons. The van der Waals surface area contributed by atoms with Crippen LogP contribution in [0.4, 0.5) is 0 Å². The van der Waals surface area contributed by atoms with E-state index in [0.717, 1.165) is 17.7 Å². The number of alkyl halides is 1. The molecule has 0 bridgehead atoms. The third-order valence-electron chi connectivity index (χ3n) is 2.25. The summed E-state index contributed by atoms with van der Waals surface area (Å²) in [5.74, 6) is 0. The molecule has 1 aliphatic rings. The molecule has 0 aliphatic carbocycles. The van der Waals surface area contributed by atoms with Gasteiger partial charge >= 0.3 is 0 Å². The second-order valence-electron chi connectivity index (χ2n) is 3.07. The molecule has 1 fully saturated rings. The van der Waals surface area contributed by atoms with Gasteiger partial charge < -0.3 is 4.74 Å². The van der Waals surface area contributed by atoms with Gasteiger partial charge in [0.2, 0.25) is 0 Å². The van der Waals surface area contributed by atoms with Crippen molar-refractivity contribution >= 4 is 22.6 Å². The molecule has 1 aliphatic heterocycles. The summed E-state index contributed by atoms with van der Waals surface area (Å²) in [5, 5.41) is 0. The number of nitrogens with zero attached hydrogens (tertiary/aromatic N) is 2. The Morgan fingerprint density at radius 3 is 2.25 bits per heavy atom. The van der Waals surface area contributed by atoms with Crippen LogP contribution in [0, 0.1) is 0 Å². The summed E-state index contributed by atoms with van der Waals surface area (Å²) in [5.41, 5.74) is 0. The van der Waals surface area contributed by atoms with Crippen molar-refractivity contribution in [1.82, 2.24) is 9.80 Å². The minimum Gasteiger partial charge on any atom is -0.383 e. The van der Waals surface area contributed by atoms with Crippen LogP contribution < -0.4 is 0 Å². The van der Waals surface area contributed by atoms with Gasteiger partial charge in [-0.3, -0.25) is 9.80 Å². The fourth-order valence-corrected chi connectivity index (χ4v) is 2.04. The molecule has 4 heteroatoms. The summed E-state index contributed by atoms with van der Waals surface area (Å²) in [4.78, 5) is 4.94. The van der Waals surface area contributed by atoms with Crippen molar-refractivity contribution < 1.29 is 4.74 Å². The topological polar surface area (TPSA) is 15.7 Å². The Hall–Kier alpha value is 0.610. The van der Waals surface area contributed by atoms with Crippen molar-refractivity contribution in [3.63, 3.8) is 0 Å². The van der Waals surface area contributed by atoms with Crippen molar-refractivity contribution in [2.75, 3.05) is 51.0 Å². The molecule has 1 saturated heterocycles. The highest BCUT2D eigenvalue weighted by molar-refractivity contribution is 14.1. The van der Waals surface area contributed by atoms with Crippen LogP contribution >= 0.6 is 22.6 Å². The zero-order chi connectivity index (χ0) is 8.81. The SMILES string of the molecule is COCCN1CCN(CI)CC1. The van der Waals surface area contributed by atoms with Crippen molar-refractivity contribution in [2.24, 2.45) is 0 Å². The first-order valence-electron chi connectivity index (χ1n) is 4.36. The van der Waals surface area contributed by atoms with Crippen LogP contribution in [0.3, 0.4) is 0 Å². The summed E-state index contributed by atoms with van der Waals surface area (Å²) in [6.07, 6.45) is 0. The largest absolute Gasteiger partial charge is 0.383 e. The number of halogens is 1. The molecule has 1 heterocycles. The minimum absolute atomic E-state index is 0.865. The van der Waals surface area contributed by atoms with E-state index in [1.807, 2.05) is 0 Å². The molecular weight excluding hydrogens is 267 g/mol. The van der Waals surface area contributed by atoms with Crippen molar-refractivity contribution in [1.29, 1.82) is 0 Å². The van der Waals surface area contributed by atoms with E-state index in [1.165, 1.54) is 26.2 Å². The smallest absolute Gasteiger partial charge is 0.0589 e. The van der Waals surface area contributed by atoms with Gasteiger partial charge in [0.15, 0.2) is 0 Å².